The molecule has 32 heavy (non-hydrogen) atoms. The first-order valence-corrected chi connectivity index (χ1v) is 11.4. The first kappa shape index (κ1) is 20.2. The molecule has 0 N–H and O–H groups in total. The Kier molecular flexibility index (Phi) is 5.57. The second-order valence-corrected chi connectivity index (χ2v) is 8.48. The summed E-state index contributed by atoms with van der Waals surface area (Å²) in [6.45, 7) is 2.96. The number of benzene rings is 4. The predicted octanol–water partition coefficient (Wildman–Crippen LogP) is 6.70. The van der Waals surface area contributed by atoms with Crippen LogP contribution in [0, 0.1) is 0 Å². The van der Waals surface area contributed by atoms with Gasteiger partial charge in [0, 0.05) is 5.56 Å². The molecule has 0 unspecified atom stereocenters. The van der Waals surface area contributed by atoms with Gasteiger partial charge in [-0.3, -0.25) is 9.69 Å². The largest absolute Gasteiger partial charge is 0.492 e. The van der Waals surface area contributed by atoms with Gasteiger partial charge in [0.1, 0.15) is 11.3 Å². The van der Waals surface area contributed by atoms with E-state index in [1.54, 1.807) is 4.90 Å². The third-order valence-electron chi connectivity index (χ3n) is 5.33. The highest BCUT2D eigenvalue weighted by molar-refractivity contribution is 7.22. The zero-order chi connectivity index (χ0) is 21.9. The lowest BCUT2D eigenvalue weighted by Crippen LogP contribution is -2.30. The van der Waals surface area contributed by atoms with Crippen LogP contribution in [0.3, 0.4) is 0 Å². The molecule has 0 spiro atoms. The van der Waals surface area contributed by atoms with Crippen molar-refractivity contribution in [2.24, 2.45) is 0 Å². The standard InChI is InChI=1S/C27H22N2O2S/c1-2-31-23-13-8-14-24-25(23)28-27(32-24)29(18-19-9-4-3-5-10-19)26(30)22-16-15-20-11-6-7-12-21(20)17-22/h3-17H,2,18H2,1H3. The molecule has 0 atom stereocenters. The number of para-hydroxylation sites is 1. The summed E-state index contributed by atoms with van der Waals surface area (Å²) in [5.41, 5.74) is 2.48. The van der Waals surface area contributed by atoms with E-state index in [0.29, 0.717) is 23.8 Å². The highest BCUT2D eigenvalue weighted by Crippen LogP contribution is 2.35. The van der Waals surface area contributed by atoms with Gasteiger partial charge in [0.2, 0.25) is 0 Å². The van der Waals surface area contributed by atoms with Crippen LogP contribution in [0.4, 0.5) is 5.13 Å². The second kappa shape index (κ2) is 8.81. The first-order valence-electron chi connectivity index (χ1n) is 10.6. The number of fused-ring (bicyclic) bond motifs is 2. The van der Waals surface area contributed by atoms with Crippen LogP contribution in [0.2, 0.25) is 0 Å². The Morgan fingerprint density at radius 1 is 0.906 bits per heavy atom. The van der Waals surface area contributed by atoms with Gasteiger partial charge >= 0.3 is 0 Å². The van der Waals surface area contributed by atoms with E-state index in [4.69, 9.17) is 9.72 Å². The number of carbonyl (C=O) groups is 1. The highest BCUT2D eigenvalue weighted by Gasteiger charge is 2.23. The number of hydrogen-bond acceptors (Lipinski definition) is 4. The number of thiazole rings is 1. The summed E-state index contributed by atoms with van der Waals surface area (Å²) in [5, 5.41) is 2.81. The highest BCUT2D eigenvalue weighted by atomic mass is 32.1. The van der Waals surface area contributed by atoms with E-state index in [9.17, 15) is 4.79 Å². The lowest BCUT2D eigenvalue weighted by atomic mass is 10.1. The van der Waals surface area contributed by atoms with Crippen LogP contribution in [0.5, 0.6) is 5.75 Å². The maximum Gasteiger partial charge on any atom is 0.260 e. The maximum absolute atomic E-state index is 13.7. The summed E-state index contributed by atoms with van der Waals surface area (Å²) in [6.07, 6.45) is 0. The Labute approximate surface area is 190 Å². The lowest BCUT2D eigenvalue weighted by Gasteiger charge is -2.20. The molecule has 0 bridgehead atoms. The third kappa shape index (κ3) is 3.95. The van der Waals surface area contributed by atoms with Gasteiger partial charge in [-0.15, -0.1) is 0 Å². The first-order chi connectivity index (χ1) is 15.7. The molecule has 0 radical (unpaired) electrons. The smallest absolute Gasteiger partial charge is 0.260 e. The van der Waals surface area contributed by atoms with Gasteiger partial charge in [-0.25, -0.2) is 4.98 Å². The van der Waals surface area contributed by atoms with E-state index < -0.39 is 0 Å². The number of anilines is 1. The minimum atomic E-state index is -0.0726. The van der Waals surface area contributed by atoms with Crippen molar-refractivity contribution < 1.29 is 9.53 Å². The average Bonchev–Trinajstić information content (AvgIpc) is 3.28. The molecule has 0 saturated heterocycles. The molecule has 0 aliphatic carbocycles. The number of ether oxygens (including phenoxy) is 1. The molecule has 1 amide bonds. The van der Waals surface area contributed by atoms with E-state index in [-0.39, 0.29) is 5.91 Å². The summed E-state index contributed by atoms with van der Waals surface area (Å²) in [7, 11) is 0. The molecule has 5 aromatic rings. The van der Waals surface area contributed by atoms with Crippen molar-refractivity contribution >= 4 is 43.4 Å². The fourth-order valence-electron chi connectivity index (χ4n) is 3.77. The second-order valence-electron chi connectivity index (χ2n) is 7.47. The van der Waals surface area contributed by atoms with Crippen LogP contribution in [-0.2, 0) is 6.54 Å². The van der Waals surface area contributed by atoms with Gasteiger partial charge < -0.3 is 4.74 Å². The number of carbonyl (C=O) groups excluding carboxylic acids is 1. The van der Waals surface area contributed by atoms with E-state index in [1.807, 2.05) is 97.9 Å². The number of rotatable bonds is 6. The van der Waals surface area contributed by atoms with Crippen LogP contribution in [0.25, 0.3) is 21.0 Å². The molecular weight excluding hydrogens is 416 g/mol. The topological polar surface area (TPSA) is 42.4 Å². The SMILES string of the molecule is CCOc1cccc2sc(N(Cc3ccccc3)C(=O)c3ccc4ccccc4c3)nc12. The molecule has 0 aliphatic rings. The number of nitrogens with zero attached hydrogens (tertiary/aromatic N) is 2. The van der Waals surface area contributed by atoms with Crippen molar-refractivity contribution in [3.8, 4) is 5.75 Å². The molecule has 5 rings (SSSR count). The molecule has 0 aliphatic heterocycles. The summed E-state index contributed by atoms with van der Waals surface area (Å²) in [5.74, 6) is 0.668. The van der Waals surface area contributed by atoms with Gasteiger partial charge in [-0.05, 0) is 47.5 Å². The van der Waals surface area contributed by atoms with Crippen molar-refractivity contribution in [2.75, 3.05) is 11.5 Å². The molecule has 0 fully saturated rings. The quantitative estimate of drug-likeness (QED) is 0.296. The van der Waals surface area contributed by atoms with E-state index >= 15 is 0 Å². The minimum Gasteiger partial charge on any atom is -0.492 e. The summed E-state index contributed by atoms with van der Waals surface area (Å²) in [6, 6.07) is 29.8. The van der Waals surface area contributed by atoms with Crippen LogP contribution >= 0.6 is 11.3 Å². The Morgan fingerprint density at radius 2 is 1.69 bits per heavy atom. The third-order valence-corrected chi connectivity index (χ3v) is 6.37. The van der Waals surface area contributed by atoms with E-state index in [1.165, 1.54) is 11.3 Å². The fraction of sp³-hybridized carbons (Fsp3) is 0.111. The number of hydrogen-bond donors (Lipinski definition) is 0. The van der Waals surface area contributed by atoms with Gasteiger partial charge in [0.25, 0.3) is 5.91 Å². The van der Waals surface area contributed by atoms with Gasteiger partial charge in [-0.1, -0.05) is 78.1 Å². The maximum atomic E-state index is 13.7. The Balaban J connectivity index is 1.59. The minimum absolute atomic E-state index is 0.0726. The Bertz CT molecular complexity index is 1400. The Hall–Kier alpha value is -3.70. The molecule has 0 saturated carbocycles. The fourth-order valence-corrected chi connectivity index (χ4v) is 4.75. The van der Waals surface area contributed by atoms with Crippen LogP contribution in [-0.4, -0.2) is 17.5 Å². The van der Waals surface area contributed by atoms with Gasteiger partial charge in [0.15, 0.2) is 5.13 Å². The van der Waals surface area contributed by atoms with E-state index in [0.717, 1.165) is 32.3 Å². The van der Waals surface area contributed by atoms with Crippen molar-refractivity contribution in [1.29, 1.82) is 0 Å². The molecule has 158 valence electrons. The predicted molar refractivity (Wildman–Crippen MR) is 132 cm³/mol. The summed E-state index contributed by atoms with van der Waals surface area (Å²) >= 11 is 1.51. The lowest BCUT2D eigenvalue weighted by molar-refractivity contribution is 0.0985. The Morgan fingerprint density at radius 3 is 2.50 bits per heavy atom. The van der Waals surface area contributed by atoms with Crippen LogP contribution < -0.4 is 9.64 Å². The monoisotopic (exact) mass is 438 g/mol. The van der Waals surface area contributed by atoms with Crippen molar-refractivity contribution in [3.63, 3.8) is 0 Å². The summed E-state index contributed by atoms with van der Waals surface area (Å²) in [4.78, 5) is 20.3. The van der Waals surface area contributed by atoms with Crippen molar-refractivity contribution in [3.05, 3.63) is 102 Å². The van der Waals surface area contributed by atoms with Crippen LogP contribution in [0.15, 0.2) is 91.0 Å². The summed E-state index contributed by atoms with van der Waals surface area (Å²) < 4.78 is 6.76. The van der Waals surface area contributed by atoms with Crippen molar-refractivity contribution in [2.45, 2.75) is 13.5 Å². The molecule has 1 aromatic heterocycles. The molecule has 1 heterocycles. The zero-order valence-corrected chi connectivity index (χ0v) is 18.5. The molecular formula is C27H22N2O2S. The zero-order valence-electron chi connectivity index (χ0n) is 17.7. The van der Waals surface area contributed by atoms with E-state index in [2.05, 4.69) is 0 Å². The molecule has 5 heteroatoms. The molecule has 4 aromatic carbocycles. The normalized spacial score (nSPS) is 11.0. The van der Waals surface area contributed by atoms with Crippen molar-refractivity contribution in [1.82, 2.24) is 4.98 Å². The number of aromatic nitrogens is 1. The van der Waals surface area contributed by atoms with Crippen LogP contribution in [0.1, 0.15) is 22.8 Å². The molecule has 4 nitrogen and oxygen atoms in total. The number of amides is 1. The van der Waals surface area contributed by atoms with Gasteiger partial charge in [-0.2, -0.15) is 0 Å². The average molecular weight is 439 g/mol. The van der Waals surface area contributed by atoms with Gasteiger partial charge in [0.05, 0.1) is 17.9 Å².